The van der Waals surface area contributed by atoms with Crippen LogP contribution in [0.3, 0.4) is 0 Å². The molecular formula is C19H20N2O6. The number of benzene rings is 1. The monoisotopic (exact) mass is 372 g/mol. The summed E-state index contributed by atoms with van der Waals surface area (Å²) in [6.45, 7) is 2.79. The zero-order valence-corrected chi connectivity index (χ0v) is 14.9. The Hall–Kier alpha value is -3.42. The van der Waals surface area contributed by atoms with Crippen LogP contribution in [0.4, 0.5) is 0 Å². The van der Waals surface area contributed by atoms with E-state index in [4.69, 9.17) is 9.15 Å². The maximum absolute atomic E-state index is 12.2. The maximum Gasteiger partial charge on any atom is 0.329 e. The molecule has 2 N–H and O–H groups in total. The van der Waals surface area contributed by atoms with Gasteiger partial charge in [-0.1, -0.05) is 32.0 Å². The van der Waals surface area contributed by atoms with E-state index in [2.05, 4.69) is 10.6 Å². The van der Waals surface area contributed by atoms with Crippen molar-refractivity contribution in [3.63, 3.8) is 0 Å². The predicted molar refractivity (Wildman–Crippen MR) is 94.7 cm³/mol. The van der Waals surface area contributed by atoms with Gasteiger partial charge in [0.05, 0.1) is 6.26 Å². The Bertz CT molecular complexity index is 799. The molecule has 0 fully saturated rings. The first kappa shape index (κ1) is 19.9. The molecule has 3 amide bonds. The second kappa shape index (κ2) is 9.33. The van der Waals surface area contributed by atoms with Gasteiger partial charge >= 0.3 is 5.97 Å². The van der Waals surface area contributed by atoms with Gasteiger partial charge in [-0.3, -0.25) is 19.7 Å². The van der Waals surface area contributed by atoms with E-state index in [9.17, 15) is 19.2 Å². The summed E-state index contributed by atoms with van der Waals surface area (Å²) in [6.07, 6.45) is 1.34. The number of esters is 1. The lowest BCUT2D eigenvalue weighted by atomic mass is 10.0. The molecule has 0 saturated carbocycles. The van der Waals surface area contributed by atoms with Crippen molar-refractivity contribution in [3.05, 3.63) is 60.1 Å². The van der Waals surface area contributed by atoms with Crippen molar-refractivity contribution in [1.82, 2.24) is 10.6 Å². The van der Waals surface area contributed by atoms with E-state index in [0.29, 0.717) is 5.56 Å². The fourth-order valence-corrected chi connectivity index (χ4v) is 2.17. The quantitative estimate of drug-likeness (QED) is 0.713. The molecule has 0 aliphatic carbocycles. The smallest absolute Gasteiger partial charge is 0.329 e. The van der Waals surface area contributed by atoms with Crippen molar-refractivity contribution in [2.75, 3.05) is 6.61 Å². The topological polar surface area (TPSA) is 115 Å². The van der Waals surface area contributed by atoms with Gasteiger partial charge in [0.1, 0.15) is 6.04 Å². The van der Waals surface area contributed by atoms with Gasteiger partial charge in [-0.2, -0.15) is 0 Å². The van der Waals surface area contributed by atoms with Crippen LogP contribution in [0.1, 0.15) is 34.8 Å². The van der Waals surface area contributed by atoms with Crippen LogP contribution in [0.15, 0.2) is 53.1 Å². The molecule has 142 valence electrons. The predicted octanol–water partition coefficient (Wildman–Crippen LogP) is 1.53. The van der Waals surface area contributed by atoms with E-state index < -0.39 is 36.3 Å². The Labute approximate surface area is 155 Å². The van der Waals surface area contributed by atoms with E-state index in [1.807, 2.05) is 0 Å². The number of carbonyl (C=O) groups excluding carboxylic acids is 4. The Morgan fingerprint density at radius 3 is 2.30 bits per heavy atom. The zero-order chi connectivity index (χ0) is 19.8. The minimum Gasteiger partial charge on any atom is -0.459 e. The van der Waals surface area contributed by atoms with Crippen LogP contribution in [0.5, 0.6) is 0 Å². The lowest BCUT2D eigenvalue weighted by Gasteiger charge is -2.20. The molecule has 1 aromatic heterocycles. The third-order valence-electron chi connectivity index (χ3n) is 3.59. The standard InChI is InChI=1S/C19H20N2O6/c1-12(2)16(21-18(24)14-9-6-10-26-14)19(25)27-11-15(22)20-17(23)13-7-4-3-5-8-13/h3-10,12,16H,11H2,1-2H3,(H,21,24)(H,20,22,23)/t16-/m0/s1. The number of amides is 3. The lowest BCUT2D eigenvalue weighted by molar-refractivity contribution is -0.151. The van der Waals surface area contributed by atoms with Gasteiger partial charge in [0.25, 0.3) is 17.7 Å². The molecule has 1 heterocycles. The number of hydrogen-bond acceptors (Lipinski definition) is 6. The molecule has 0 aliphatic rings. The number of ether oxygens (including phenoxy) is 1. The fraction of sp³-hybridized carbons (Fsp3) is 0.263. The lowest BCUT2D eigenvalue weighted by Crippen LogP contribution is -2.46. The van der Waals surface area contributed by atoms with Gasteiger partial charge in [0.15, 0.2) is 12.4 Å². The molecule has 1 atom stereocenters. The molecule has 1 aromatic carbocycles. The number of rotatable bonds is 7. The first-order valence-corrected chi connectivity index (χ1v) is 8.28. The van der Waals surface area contributed by atoms with Crippen LogP contribution in [0, 0.1) is 5.92 Å². The molecule has 0 bridgehead atoms. The van der Waals surface area contributed by atoms with Crippen molar-refractivity contribution in [1.29, 1.82) is 0 Å². The van der Waals surface area contributed by atoms with E-state index >= 15 is 0 Å². The van der Waals surface area contributed by atoms with Gasteiger partial charge in [-0.25, -0.2) is 4.79 Å². The summed E-state index contributed by atoms with van der Waals surface area (Å²) in [5.74, 6) is -2.95. The highest BCUT2D eigenvalue weighted by molar-refractivity contribution is 6.05. The SMILES string of the molecule is CC(C)[C@H](NC(=O)c1ccco1)C(=O)OCC(=O)NC(=O)c1ccccc1. The largest absolute Gasteiger partial charge is 0.459 e. The van der Waals surface area contributed by atoms with Crippen LogP contribution >= 0.6 is 0 Å². The van der Waals surface area contributed by atoms with Crippen LogP contribution in [-0.4, -0.2) is 36.3 Å². The van der Waals surface area contributed by atoms with Crippen LogP contribution in [0.2, 0.25) is 0 Å². The zero-order valence-electron chi connectivity index (χ0n) is 14.9. The van der Waals surface area contributed by atoms with Crippen molar-refractivity contribution in [3.8, 4) is 0 Å². The number of furan rings is 1. The number of imide groups is 1. The van der Waals surface area contributed by atoms with Crippen molar-refractivity contribution in [2.24, 2.45) is 5.92 Å². The van der Waals surface area contributed by atoms with Gasteiger partial charge in [-0.15, -0.1) is 0 Å². The van der Waals surface area contributed by atoms with Crippen molar-refractivity contribution in [2.45, 2.75) is 19.9 Å². The Kier molecular flexibility index (Phi) is 6.87. The average Bonchev–Trinajstić information content (AvgIpc) is 3.19. The molecule has 8 nitrogen and oxygen atoms in total. The van der Waals surface area contributed by atoms with E-state index in [1.165, 1.54) is 12.3 Å². The normalized spacial score (nSPS) is 11.5. The van der Waals surface area contributed by atoms with Gasteiger partial charge < -0.3 is 14.5 Å². The summed E-state index contributed by atoms with van der Waals surface area (Å²) in [7, 11) is 0. The molecule has 0 spiro atoms. The van der Waals surface area contributed by atoms with Gasteiger partial charge in [0.2, 0.25) is 0 Å². The Morgan fingerprint density at radius 1 is 1.00 bits per heavy atom. The minimum absolute atomic E-state index is 0.0552. The van der Waals surface area contributed by atoms with E-state index in [0.717, 1.165) is 0 Å². The molecule has 0 radical (unpaired) electrons. The number of hydrogen-bond donors (Lipinski definition) is 2. The summed E-state index contributed by atoms with van der Waals surface area (Å²) in [6, 6.07) is 10.2. The van der Waals surface area contributed by atoms with Crippen LogP contribution in [-0.2, 0) is 14.3 Å². The van der Waals surface area contributed by atoms with Crippen molar-refractivity contribution < 1.29 is 28.3 Å². The second-order valence-electron chi connectivity index (χ2n) is 6.02. The third kappa shape index (κ3) is 5.81. The first-order valence-electron chi connectivity index (χ1n) is 8.28. The molecule has 0 aliphatic heterocycles. The Morgan fingerprint density at radius 2 is 1.70 bits per heavy atom. The first-order chi connectivity index (χ1) is 12.9. The van der Waals surface area contributed by atoms with E-state index in [1.54, 1.807) is 50.2 Å². The third-order valence-corrected chi connectivity index (χ3v) is 3.59. The molecule has 0 unspecified atom stereocenters. The summed E-state index contributed by atoms with van der Waals surface area (Å²) in [5.41, 5.74) is 0.308. The van der Waals surface area contributed by atoms with Crippen LogP contribution < -0.4 is 10.6 Å². The highest BCUT2D eigenvalue weighted by atomic mass is 16.5. The van der Waals surface area contributed by atoms with Crippen molar-refractivity contribution >= 4 is 23.7 Å². The number of nitrogens with one attached hydrogen (secondary N) is 2. The van der Waals surface area contributed by atoms with Crippen LogP contribution in [0.25, 0.3) is 0 Å². The minimum atomic E-state index is -0.972. The average molecular weight is 372 g/mol. The maximum atomic E-state index is 12.2. The molecule has 2 aromatic rings. The van der Waals surface area contributed by atoms with Gasteiger partial charge in [-0.05, 0) is 30.2 Å². The Balaban J connectivity index is 1.87. The molecule has 0 saturated heterocycles. The summed E-state index contributed by atoms with van der Waals surface area (Å²) >= 11 is 0. The highest BCUT2D eigenvalue weighted by Gasteiger charge is 2.27. The molecule has 8 heteroatoms. The number of carbonyl (C=O) groups is 4. The molecule has 27 heavy (non-hydrogen) atoms. The van der Waals surface area contributed by atoms with Gasteiger partial charge in [0, 0.05) is 5.56 Å². The fourth-order valence-electron chi connectivity index (χ4n) is 2.17. The molecule has 2 rings (SSSR count). The highest BCUT2D eigenvalue weighted by Crippen LogP contribution is 2.07. The van der Waals surface area contributed by atoms with E-state index in [-0.39, 0.29) is 11.7 Å². The summed E-state index contributed by atoms with van der Waals surface area (Å²) in [5, 5.41) is 4.63. The second-order valence-corrected chi connectivity index (χ2v) is 6.02. The summed E-state index contributed by atoms with van der Waals surface area (Å²) < 4.78 is 9.91. The molecular weight excluding hydrogens is 352 g/mol. The summed E-state index contributed by atoms with van der Waals surface area (Å²) in [4.78, 5) is 47.9.